The van der Waals surface area contributed by atoms with Crippen LogP contribution < -0.4 is 10.9 Å². The Bertz CT molecular complexity index is 1120. The lowest BCUT2D eigenvalue weighted by molar-refractivity contribution is -0.117. The molecule has 3 rings (SSSR count). The van der Waals surface area contributed by atoms with Gasteiger partial charge in [0.05, 0.1) is 22.2 Å². The number of nitrogens with one attached hydrogen (secondary N) is 1. The number of halogens is 1. The molecule has 0 saturated heterocycles. The number of benzene rings is 2. The maximum absolute atomic E-state index is 12.5. The van der Waals surface area contributed by atoms with Gasteiger partial charge in [0.2, 0.25) is 5.91 Å². The minimum absolute atomic E-state index is 0.162. The van der Waals surface area contributed by atoms with E-state index in [-0.39, 0.29) is 23.0 Å². The summed E-state index contributed by atoms with van der Waals surface area (Å²) in [7, 11) is 0. The van der Waals surface area contributed by atoms with Crippen LogP contribution in [0.25, 0.3) is 10.8 Å². The molecule has 29 heavy (non-hydrogen) atoms. The van der Waals surface area contributed by atoms with E-state index in [1.807, 2.05) is 19.9 Å². The van der Waals surface area contributed by atoms with Crippen LogP contribution in [0, 0.1) is 0 Å². The molecule has 0 atom stereocenters. The third-order valence-corrected chi connectivity index (χ3v) is 4.90. The molecule has 1 heterocycles. The lowest BCUT2D eigenvalue weighted by Gasteiger charge is -2.19. The van der Waals surface area contributed by atoms with Gasteiger partial charge in [0, 0.05) is 24.2 Å². The summed E-state index contributed by atoms with van der Waals surface area (Å²) in [6.07, 6.45) is 1.55. The van der Waals surface area contributed by atoms with Crippen molar-refractivity contribution in [1.82, 2.24) is 14.7 Å². The van der Waals surface area contributed by atoms with Crippen LogP contribution in [0.2, 0.25) is 5.02 Å². The molecule has 0 spiro atoms. The Labute approximate surface area is 172 Å². The molecule has 2 aromatic carbocycles. The van der Waals surface area contributed by atoms with Crippen LogP contribution in [-0.2, 0) is 11.3 Å². The number of fused-ring (bicyclic) bond motifs is 1. The van der Waals surface area contributed by atoms with Crippen LogP contribution in [0.3, 0.4) is 0 Å². The number of hydrogen-bond donors (Lipinski definition) is 1. The van der Waals surface area contributed by atoms with Gasteiger partial charge in [-0.2, -0.15) is 5.10 Å². The first kappa shape index (κ1) is 20.5. The van der Waals surface area contributed by atoms with Crippen molar-refractivity contribution >= 4 is 39.9 Å². The van der Waals surface area contributed by atoms with Crippen molar-refractivity contribution in [2.45, 2.75) is 20.4 Å². The number of anilines is 1. The van der Waals surface area contributed by atoms with Gasteiger partial charge in [-0.15, -0.1) is 0 Å². The summed E-state index contributed by atoms with van der Waals surface area (Å²) in [6, 6.07) is 11.8. The molecule has 2 amide bonds. The normalized spacial score (nSPS) is 10.7. The van der Waals surface area contributed by atoms with Crippen LogP contribution in [0.5, 0.6) is 0 Å². The van der Waals surface area contributed by atoms with E-state index in [0.717, 1.165) is 10.1 Å². The van der Waals surface area contributed by atoms with Crippen molar-refractivity contribution in [3.63, 3.8) is 0 Å². The van der Waals surface area contributed by atoms with Crippen LogP contribution in [0.15, 0.2) is 53.5 Å². The Hall–Kier alpha value is -3.19. The molecule has 0 bridgehead atoms. The molecular weight excluding hydrogens is 392 g/mol. The molecule has 0 unspecified atom stereocenters. The van der Waals surface area contributed by atoms with Gasteiger partial charge >= 0.3 is 0 Å². The van der Waals surface area contributed by atoms with E-state index >= 15 is 0 Å². The van der Waals surface area contributed by atoms with Crippen molar-refractivity contribution in [3.8, 4) is 0 Å². The monoisotopic (exact) mass is 412 g/mol. The van der Waals surface area contributed by atoms with Crippen molar-refractivity contribution in [2.75, 3.05) is 18.4 Å². The van der Waals surface area contributed by atoms with Gasteiger partial charge in [0.25, 0.3) is 11.5 Å². The topological polar surface area (TPSA) is 84.3 Å². The standard InChI is InChI=1S/C21H21ClN4O3/c1-3-25(4-2)20(28)17-10-9-15(11-18(17)22)24-19(27)13-26-21(29)16-8-6-5-7-14(16)12-23-26/h5-12H,3-4,13H2,1-2H3,(H,24,27). The molecule has 7 nitrogen and oxygen atoms in total. The van der Waals surface area contributed by atoms with E-state index in [0.29, 0.717) is 29.7 Å². The van der Waals surface area contributed by atoms with E-state index in [2.05, 4.69) is 10.4 Å². The van der Waals surface area contributed by atoms with Gasteiger partial charge in [0.15, 0.2) is 0 Å². The smallest absolute Gasteiger partial charge is 0.275 e. The number of hydrogen-bond acceptors (Lipinski definition) is 4. The average molecular weight is 413 g/mol. The van der Waals surface area contributed by atoms with Gasteiger partial charge < -0.3 is 10.2 Å². The zero-order valence-corrected chi connectivity index (χ0v) is 16.9. The molecule has 0 aliphatic rings. The van der Waals surface area contributed by atoms with Crippen molar-refractivity contribution in [1.29, 1.82) is 0 Å². The second-order valence-electron chi connectivity index (χ2n) is 6.41. The van der Waals surface area contributed by atoms with Gasteiger partial charge in [-0.25, -0.2) is 4.68 Å². The fraction of sp³-hybridized carbons (Fsp3) is 0.238. The number of carbonyl (C=O) groups is 2. The first-order chi connectivity index (χ1) is 13.9. The van der Waals surface area contributed by atoms with E-state index in [1.165, 1.54) is 6.07 Å². The Morgan fingerprint density at radius 1 is 1.14 bits per heavy atom. The molecule has 1 N–H and O–H groups in total. The summed E-state index contributed by atoms with van der Waals surface area (Å²) >= 11 is 6.25. The first-order valence-corrected chi connectivity index (χ1v) is 9.66. The highest BCUT2D eigenvalue weighted by Crippen LogP contribution is 2.22. The minimum Gasteiger partial charge on any atom is -0.339 e. The molecule has 150 valence electrons. The Morgan fingerprint density at radius 2 is 1.86 bits per heavy atom. The lowest BCUT2D eigenvalue weighted by Crippen LogP contribution is -2.31. The van der Waals surface area contributed by atoms with Gasteiger partial charge in [0.1, 0.15) is 6.54 Å². The molecule has 0 saturated carbocycles. The predicted octanol–water partition coefficient (Wildman–Crippen LogP) is 3.17. The van der Waals surface area contributed by atoms with Gasteiger partial charge in [-0.1, -0.05) is 29.8 Å². The summed E-state index contributed by atoms with van der Waals surface area (Å²) in [4.78, 5) is 39.0. The highest BCUT2D eigenvalue weighted by atomic mass is 35.5. The number of carbonyl (C=O) groups excluding carboxylic acids is 2. The molecule has 0 fully saturated rings. The summed E-state index contributed by atoms with van der Waals surface area (Å²) < 4.78 is 1.11. The van der Waals surface area contributed by atoms with Crippen LogP contribution >= 0.6 is 11.6 Å². The zero-order valence-electron chi connectivity index (χ0n) is 16.2. The summed E-state index contributed by atoms with van der Waals surface area (Å²) in [5, 5.41) is 8.20. The molecule has 0 aliphatic heterocycles. The van der Waals surface area contributed by atoms with Crippen molar-refractivity contribution < 1.29 is 9.59 Å². The number of nitrogens with zero attached hydrogens (tertiary/aromatic N) is 3. The van der Waals surface area contributed by atoms with Crippen LogP contribution in [0.4, 0.5) is 5.69 Å². The van der Waals surface area contributed by atoms with Crippen molar-refractivity contribution in [3.05, 3.63) is 69.6 Å². The second kappa shape index (κ2) is 8.87. The van der Waals surface area contributed by atoms with Gasteiger partial charge in [-0.05, 0) is 38.1 Å². The number of aromatic nitrogens is 2. The van der Waals surface area contributed by atoms with Crippen LogP contribution in [-0.4, -0.2) is 39.6 Å². The molecule has 0 aliphatic carbocycles. The Morgan fingerprint density at radius 3 is 2.55 bits per heavy atom. The zero-order chi connectivity index (χ0) is 21.0. The molecule has 0 radical (unpaired) electrons. The quantitative estimate of drug-likeness (QED) is 0.674. The van der Waals surface area contributed by atoms with Crippen molar-refractivity contribution in [2.24, 2.45) is 0 Å². The largest absolute Gasteiger partial charge is 0.339 e. The Balaban J connectivity index is 1.74. The fourth-order valence-corrected chi connectivity index (χ4v) is 3.29. The summed E-state index contributed by atoms with van der Waals surface area (Å²) in [5.41, 5.74) is 0.474. The van der Waals surface area contributed by atoms with E-state index in [9.17, 15) is 14.4 Å². The Kier molecular flexibility index (Phi) is 6.29. The minimum atomic E-state index is -0.422. The predicted molar refractivity (Wildman–Crippen MR) is 113 cm³/mol. The fourth-order valence-electron chi connectivity index (χ4n) is 3.02. The third-order valence-electron chi connectivity index (χ3n) is 4.59. The third kappa shape index (κ3) is 4.46. The molecule has 8 heteroatoms. The SMILES string of the molecule is CCN(CC)C(=O)c1ccc(NC(=O)Cn2ncc3ccccc3c2=O)cc1Cl. The van der Waals surface area contributed by atoms with Crippen LogP contribution in [0.1, 0.15) is 24.2 Å². The molecule has 1 aromatic heterocycles. The summed E-state index contributed by atoms with van der Waals surface area (Å²) in [6.45, 7) is 4.72. The van der Waals surface area contributed by atoms with Gasteiger partial charge in [-0.3, -0.25) is 14.4 Å². The average Bonchev–Trinajstić information content (AvgIpc) is 2.71. The molecule has 3 aromatic rings. The number of rotatable bonds is 6. The lowest BCUT2D eigenvalue weighted by atomic mass is 10.1. The number of amides is 2. The highest BCUT2D eigenvalue weighted by Gasteiger charge is 2.17. The second-order valence-corrected chi connectivity index (χ2v) is 6.82. The molecular formula is C21H21ClN4O3. The summed E-state index contributed by atoms with van der Waals surface area (Å²) in [5.74, 6) is -0.585. The van der Waals surface area contributed by atoms with E-state index < -0.39 is 5.91 Å². The van der Waals surface area contributed by atoms with E-state index in [1.54, 1.807) is 41.4 Å². The first-order valence-electron chi connectivity index (χ1n) is 9.28. The highest BCUT2D eigenvalue weighted by molar-refractivity contribution is 6.34. The maximum Gasteiger partial charge on any atom is 0.275 e. The van der Waals surface area contributed by atoms with E-state index in [4.69, 9.17) is 11.6 Å². The maximum atomic E-state index is 12.5.